The lowest BCUT2D eigenvalue weighted by atomic mass is 9.70. The van der Waals surface area contributed by atoms with Gasteiger partial charge in [-0.15, -0.1) is 5.46 Å². The predicted octanol–water partition coefficient (Wildman–Crippen LogP) is 0.649. The summed E-state index contributed by atoms with van der Waals surface area (Å²) in [6, 6.07) is 9.23. The number of hydrogen-bond donors (Lipinski definition) is 1. The van der Waals surface area contributed by atoms with Gasteiger partial charge in [-0.1, -0.05) is 30.3 Å². The molecule has 1 heterocycles. The van der Waals surface area contributed by atoms with Crippen molar-refractivity contribution in [3.63, 3.8) is 0 Å². The summed E-state index contributed by atoms with van der Waals surface area (Å²) in [6.45, 7) is 1.54. The molecule has 1 saturated heterocycles. The smallest absolute Gasteiger partial charge is 0.407 e. The van der Waals surface area contributed by atoms with Gasteiger partial charge in [0.2, 0.25) is 0 Å². The zero-order chi connectivity index (χ0) is 10.2. The van der Waals surface area contributed by atoms with Gasteiger partial charge in [0.1, 0.15) is 0 Å². The highest BCUT2D eigenvalue weighted by molar-refractivity contribution is 6.74. The standard InChI is InChI=1S/C10H14BO3/c1-8-9(2)14-11(12,13-8)10-6-4-3-5-7-10/h3-9,12H,1-2H3/q-1. The van der Waals surface area contributed by atoms with Gasteiger partial charge in [0.05, 0.1) is 0 Å². The molecule has 14 heavy (non-hydrogen) atoms. The summed E-state index contributed by atoms with van der Waals surface area (Å²) < 4.78 is 10.9. The van der Waals surface area contributed by atoms with Crippen LogP contribution in [0.25, 0.3) is 0 Å². The first-order chi connectivity index (χ1) is 6.62. The van der Waals surface area contributed by atoms with Gasteiger partial charge in [0.25, 0.3) is 0 Å². The Morgan fingerprint density at radius 2 is 1.57 bits per heavy atom. The Kier molecular flexibility index (Phi) is 2.35. The largest absolute Gasteiger partial charge is 0.555 e. The third-order valence-electron chi connectivity index (χ3n) is 2.68. The van der Waals surface area contributed by atoms with Crippen LogP contribution in [0.15, 0.2) is 30.3 Å². The quantitative estimate of drug-likeness (QED) is 0.665. The van der Waals surface area contributed by atoms with Crippen LogP contribution < -0.4 is 5.46 Å². The molecule has 0 amide bonds. The SMILES string of the molecule is CC1O[B-](O)(c2ccccc2)OC1C. The fourth-order valence-electron chi connectivity index (χ4n) is 1.69. The summed E-state index contributed by atoms with van der Waals surface area (Å²) in [6.07, 6.45) is -0.139. The van der Waals surface area contributed by atoms with Crippen LogP contribution in [0, 0.1) is 0 Å². The van der Waals surface area contributed by atoms with E-state index in [1.165, 1.54) is 0 Å². The molecule has 0 aliphatic carbocycles. The average molecular weight is 193 g/mol. The maximum atomic E-state index is 10.1. The van der Waals surface area contributed by atoms with Crippen molar-refractivity contribution in [2.75, 3.05) is 0 Å². The van der Waals surface area contributed by atoms with E-state index in [1.807, 2.05) is 44.2 Å². The second-order valence-corrected chi connectivity index (χ2v) is 3.76. The van der Waals surface area contributed by atoms with Crippen LogP contribution in [0.3, 0.4) is 0 Å². The second-order valence-electron chi connectivity index (χ2n) is 3.76. The van der Waals surface area contributed by atoms with Crippen LogP contribution >= 0.6 is 0 Å². The Hall–Kier alpha value is -0.835. The van der Waals surface area contributed by atoms with E-state index < -0.39 is 6.75 Å². The summed E-state index contributed by atoms with van der Waals surface area (Å²) in [7, 11) is 0. The minimum atomic E-state index is -2.25. The lowest BCUT2D eigenvalue weighted by Crippen LogP contribution is -2.50. The van der Waals surface area contributed by atoms with Gasteiger partial charge in [0, 0.05) is 12.2 Å². The van der Waals surface area contributed by atoms with E-state index in [4.69, 9.17) is 9.31 Å². The Morgan fingerprint density at radius 3 is 2.07 bits per heavy atom. The molecule has 0 radical (unpaired) electrons. The molecule has 0 aromatic heterocycles. The average Bonchev–Trinajstić information content (AvgIpc) is 2.44. The van der Waals surface area contributed by atoms with Crippen molar-refractivity contribution in [3.05, 3.63) is 30.3 Å². The first kappa shape index (κ1) is 9.71. The first-order valence-electron chi connectivity index (χ1n) is 4.89. The highest BCUT2D eigenvalue weighted by Gasteiger charge is 2.38. The van der Waals surface area contributed by atoms with Crippen molar-refractivity contribution in [2.24, 2.45) is 0 Å². The van der Waals surface area contributed by atoms with Crippen molar-refractivity contribution in [1.82, 2.24) is 0 Å². The van der Waals surface area contributed by atoms with E-state index >= 15 is 0 Å². The number of benzene rings is 1. The molecule has 2 atom stereocenters. The van der Waals surface area contributed by atoms with Crippen molar-refractivity contribution in [1.29, 1.82) is 0 Å². The normalized spacial score (nSPS) is 37.4. The highest BCUT2D eigenvalue weighted by Crippen LogP contribution is 2.22. The minimum Gasteiger partial charge on any atom is -0.555 e. The molecule has 2 rings (SSSR count). The summed E-state index contributed by atoms with van der Waals surface area (Å²) in [5.74, 6) is 0. The van der Waals surface area contributed by atoms with Gasteiger partial charge >= 0.3 is 6.75 Å². The van der Waals surface area contributed by atoms with Gasteiger partial charge in [0.15, 0.2) is 0 Å². The van der Waals surface area contributed by atoms with E-state index in [0.29, 0.717) is 5.46 Å². The maximum Gasteiger partial charge on any atom is 0.407 e. The second kappa shape index (κ2) is 3.39. The molecule has 1 aliphatic rings. The fraction of sp³-hybridized carbons (Fsp3) is 0.400. The predicted molar refractivity (Wildman–Crippen MR) is 55.1 cm³/mol. The summed E-state index contributed by atoms with van der Waals surface area (Å²) in [4.78, 5) is 0. The molecule has 0 bridgehead atoms. The van der Waals surface area contributed by atoms with Crippen LogP contribution in [0.5, 0.6) is 0 Å². The molecular weight excluding hydrogens is 179 g/mol. The molecule has 4 heteroatoms. The Labute approximate surface area is 83.7 Å². The first-order valence-corrected chi connectivity index (χ1v) is 4.89. The van der Waals surface area contributed by atoms with Crippen LogP contribution in [0.4, 0.5) is 0 Å². The zero-order valence-corrected chi connectivity index (χ0v) is 8.38. The monoisotopic (exact) mass is 193 g/mol. The van der Waals surface area contributed by atoms with E-state index in [0.717, 1.165) is 0 Å². The van der Waals surface area contributed by atoms with E-state index in [2.05, 4.69) is 0 Å². The third kappa shape index (κ3) is 1.56. The van der Waals surface area contributed by atoms with Crippen molar-refractivity contribution < 1.29 is 14.3 Å². The van der Waals surface area contributed by atoms with Crippen molar-refractivity contribution >= 4 is 12.2 Å². The third-order valence-corrected chi connectivity index (χ3v) is 2.68. The van der Waals surface area contributed by atoms with E-state index in [-0.39, 0.29) is 12.2 Å². The molecule has 1 fully saturated rings. The molecule has 1 N–H and O–H groups in total. The highest BCUT2D eigenvalue weighted by atomic mass is 16.7. The summed E-state index contributed by atoms with van der Waals surface area (Å²) in [5.41, 5.74) is 0.698. The summed E-state index contributed by atoms with van der Waals surface area (Å²) >= 11 is 0. The minimum absolute atomic E-state index is 0.0693. The lowest BCUT2D eigenvalue weighted by Gasteiger charge is -2.29. The van der Waals surface area contributed by atoms with Crippen LogP contribution in [0.1, 0.15) is 13.8 Å². The van der Waals surface area contributed by atoms with E-state index in [1.54, 1.807) is 0 Å². The summed E-state index contributed by atoms with van der Waals surface area (Å²) in [5, 5.41) is 10.1. The van der Waals surface area contributed by atoms with E-state index in [9.17, 15) is 5.02 Å². The zero-order valence-electron chi connectivity index (χ0n) is 8.38. The molecular formula is C10H14BO3-. The molecule has 1 aliphatic heterocycles. The van der Waals surface area contributed by atoms with Crippen LogP contribution in [-0.2, 0) is 9.31 Å². The lowest BCUT2D eigenvalue weighted by molar-refractivity contribution is 0.187. The maximum absolute atomic E-state index is 10.1. The fourth-order valence-corrected chi connectivity index (χ4v) is 1.69. The molecule has 0 saturated carbocycles. The van der Waals surface area contributed by atoms with Crippen LogP contribution in [-0.4, -0.2) is 24.0 Å². The van der Waals surface area contributed by atoms with Crippen molar-refractivity contribution in [3.8, 4) is 0 Å². The molecule has 1 aromatic rings. The van der Waals surface area contributed by atoms with Crippen molar-refractivity contribution in [2.45, 2.75) is 26.1 Å². The van der Waals surface area contributed by atoms with Gasteiger partial charge in [-0.2, -0.15) is 0 Å². The number of hydrogen-bond acceptors (Lipinski definition) is 3. The van der Waals surface area contributed by atoms with Crippen LogP contribution in [0.2, 0.25) is 0 Å². The molecule has 3 nitrogen and oxygen atoms in total. The molecule has 0 spiro atoms. The van der Waals surface area contributed by atoms with Gasteiger partial charge in [-0.25, -0.2) is 0 Å². The Morgan fingerprint density at radius 1 is 1.07 bits per heavy atom. The topological polar surface area (TPSA) is 38.7 Å². The van der Waals surface area contributed by atoms with Gasteiger partial charge in [-0.05, 0) is 13.8 Å². The van der Waals surface area contributed by atoms with Gasteiger partial charge < -0.3 is 14.3 Å². The number of rotatable bonds is 1. The Balaban J connectivity index is 2.27. The molecule has 1 aromatic carbocycles. The Bertz CT molecular complexity index is 304. The molecule has 76 valence electrons. The van der Waals surface area contributed by atoms with Gasteiger partial charge in [-0.3, -0.25) is 0 Å². The molecule has 2 unspecified atom stereocenters.